The molecule has 136 valence electrons. The fourth-order valence-electron chi connectivity index (χ4n) is 2.55. The average molecular weight is 407 g/mol. The van der Waals surface area contributed by atoms with Crippen molar-refractivity contribution in [2.45, 2.75) is 0 Å². The maximum Gasteiger partial charge on any atom is 0.363 e. The van der Waals surface area contributed by atoms with Crippen LogP contribution >= 0.6 is 23.2 Å². The normalized spacial score (nSPS) is 16.4. The summed E-state index contributed by atoms with van der Waals surface area (Å²) in [4.78, 5) is 26.6. The number of halogens is 2. The number of rotatable bonds is 3. The lowest BCUT2D eigenvalue weighted by Crippen LogP contribution is -2.06. The Morgan fingerprint density at radius 2 is 1.96 bits per heavy atom. The molecule has 27 heavy (non-hydrogen) atoms. The van der Waals surface area contributed by atoms with Crippen molar-refractivity contribution in [1.82, 2.24) is 0 Å². The van der Waals surface area contributed by atoms with Crippen LogP contribution in [0.3, 0.4) is 0 Å². The molecular weight excluding hydrogens is 399 g/mol. The highest BCUT2D eigenvalue weighted by molar-refractivity contribution is 6.33. The van der Waals surface area contributed by atoms with Gasteiger partial charge in [-0.05, 0) is 35.9 Å². The molecule has 0 atom stereocenters. The molecule has 0 saturated heterocycles. The Labute approximate surface area is 161 Å². The molecule has 0 bridgehead atoms. The van der Waals surface area contributed by atoms with E-state index in [1.54, 1.807) is 12.1 Å². The summed E-state index contributed by atoms with van der Waals surface area (Å²) in [6, 6.07) is 7.24. The lowest BCUT2D eigenvalue weighted by molar-refractivity contribution is -0.384. The number of benzene rings is 2. The number of esters is 1. The molecule has 8 nitrogen and oxygen atoms in total. The van der Waals surface area contributed by atoms with Crippen LogP contribution in [0.15, 0.2) is 41.0 Å². The van der Waals surface area contributed by atoms with E-state index in [-0.39, 0.29) is 34.7 Å². The van der Waals surface area contributed by atoms with E-state index in [0.29, 0.717) is 22.1 Å². The minimum absolute atomic E-state index is 0.0116. The van der Waals surface area contributed by atoms with Crippen molar-refractivity contribution >= 4 is 46.8 Å². The highest BCUT2D eigenvalue weighted by atomic mass is 35.5. The molecule has 0 unspecified atom stereocenters. The first-order valence-corrected chi connectivity index (χ1v) is 8.24. The first-order chi connectivity index (χ1) is 12.9. The van der Waals surface area contributed by atoms with Crippen LogP contribution in [0.25, 0.3) is 6.08 Å². The zero-order chi connectivity index (χ0) is 19.1. The lowest BCUT2D eigenvalue weighted by Gasteiger charge is -2.01. The first-order valence-electron chi connectivity index (χ1n) is 7.48. The minimum atomic E-state index is -0.698. The SMILES string of the molecule is O=C1OC(c2ccc(Cl)c([N+](=O)[O-])c2)=N/C1=C\c1cc(Cl)c2c(c1)OCO2. The number of hydrogen-bond donors (Lipinski definition) is 0. The molecular formula is C17H8Cl2N2O6. The van der Waals surface area contributed by atoms with Crippen LogP contribution < -0.4 is 9.47 Å². The fraction of sp³-hybridized carbons (Fsp3) is 0.0588. The van der Waals surface area contributed by atoms with Crippen LogP contribution in [-0.2, 0) is 9.53 Å². The molecule has 0 saturated carbocycles. The van der Waals surface area contributed by atoms with Crippen LogP contribution in [-0.4, -0.2) is 23.6 Å². The van der Waals surface area contributed by atoms with Gasteiger partial charge in [-0.2, -0.15) is 0 Å². The number of ether oxygens (including phenoxy) is 3. The van der Waals surface area contributed by atoms with Gasteiger partial charge in [0, 0.05) is 11.6 Å². The Morgan fingerprint density at radius 1 is 1.15 bits per heavy atom. The zero-order valence-corrected chi connectivity index (χ0v) is 14.8. The monoisotopic (exact) mass is 406 g/mol. The van der Waals surface area contributed by atoms with E-state index in [4.69, 9.17) is 37.4 Å². The molecule has 0 radical (unpaired) electrons. The van der Waals surface area contributed by atoms with Crippen molar-refractivity contribution in [2.24, 2.45) is 4.99 Å². The Hall–Kier alpha value is -3.10. The molecule has 2 aromatic rings. The van der Waals surface area contributed by atoms with Gasteiger partial charge in [-0.1, -0.05) is 23.2 Å². The molecule has 2 aliphatic rings. The van der Waals surface area contributed by atoms with Gasteiger partial charge >= 0.3 is 5.97 Å². The topological polar surface area (TPSA) is 100 Å². The third-order valence-corrected chi connectivity index (χ3v) is 4.36. The standard InChI is InChI=1S/C17H8Cl2N2O6/c18-10-2-1-9(6-13(10)21(23)24)16-20-12(17(22)27-16)4-8-3-11(19)15-14(5-8)25-7-26-15/h1-6H,7H2/b12-4-. The second kappa shape index (κ2) is 6.57. The number of carbonyl (C=O) groups is 1. The number of nitro benzene ring substituents is 1. The molecule has 0 spiro atoms. The predicted octanol–water partition coefficient (Wildman–Crippen LogP) is 3.97. The van der Waals surface area contributed by atoms with E-state index < -0.39 is 10.9 Å². The minimum Gasteiger partial charge on any atom is -0.454 e. The quantitative estimate of drug-likeness (QED) is 0.330. The van der Waals surface area contributed by atoms with Gasteiger partial charge in [0.15, 0.2) is 17.2 Å². The number of nitrogens with zero attached hydrogens (tertiary/aromatic N) is 2. The summed E-state index contributed by atoms with van der Waals surface area (Å²) in [5.41, 5.74) is 0.514. The van der Waals surface area contributed by atoms with Gasteiger partial charge in [0.05, 0.1) is 9.95 Å². The van der Waals surface area contributed by atoms with Gasteiger partial charge in [0.2, 0.25) is 12.7 Å². The first kappa shape index (κ1) is 17.3. The van der Waals surface area contributed by atoms with Crippen molar-refractivity contribution in [3.63, 3.8) is 0 Å². The fourth-order valence-corrected chi connectivity index (χ4v) is 3.01. The summed E-state index contributed by atoms with van der Waals surface area (Å²) in [5, 5.41) is 11.3. The van der Waals surface area contributed by atoms with E-state index in [1.165, 1.54) is 24.3 Å². The van der Waals surface area contributed by atoms with Gasteiger partial charge in [-0.15, -0.1) is 0 Å². The number of carbonyl (C=O) groups excluding carboxylic acids is 1. The van der Waals surface area contributed by atoms with Gasteiger partial charge in [-0.25, -0.2) is 9.79 Å². The smallest absolute Gasteiger partial charge is 0.363 e. The van der Waals surface area contributed by atoms with Gasteiger partial charge < -0.3 is 14.2 Å². The van der Waals surface area contributed by atoms with E-state index >= 15 is 0 Å². The van der Waals surface area contributed by atoms with E-state index in [2.05, 4.69) is 4.99 Å². The van der Waals surface area contributed by atoms with Crippen LogP contribution in [0.1, 0.15) is 11.1 Å². The van der Waals surface area contributed by atoms with Gasteiger partial charge in [0.1, 0.15) is 5.02 Å². The Kier molecular flexibility index (Phi) is 4.21. The summed E-state index contributed by atoms with van der Waals surface area (Å²) in [6.45, 7) is 0.0643. The summed E-state index contributed by atoms with van der Waals surface area (Å²) in [6.07, 6.45) is 1.47. The van der Waals surface area contributed by atoms with Crippen LogP contribution in [0.4, 0.5) is 5.69 Å². The number of nitro groups is 1. The van der Waals surface area contributed by atoms with Crippen LogP contribution in [0, 0.1) is 10.1 Å². The third kappa shape index (κ3) is 3.20. The molecule has 0 fully saturated rings. The molecule has 4 rings (SSSR count). The highest BCUT2D eigenvalue weighted by Gasteiger charge is 2.27. The predicted molar refractivity (Wildman–Crippen MR) is 96.3 cm³/mol. The molecule has 0 aromatic heterocycles. The molecule has 2 aromatic carbocycles. The summed E-state index contributed by atoms with van der Waals surface area (Å²) >= 11 is 11.9. The second-order valence-corrected chi connectivity index (χ2v) is 6.31. The van der Waals surface area contributed by atoms with Crippen LogP contribution in [0.5, 0.6) is 11.5 Å². The number of fused-ring (bicyclic) bond motifs is 1. The summed E-state index contributed by atoms with van der Waals surface area (Å²) in [5.74, 6) is 0.137. The third-order valence-electron chi connectivity index (χ3n) is 3.76. The average Bonchev–Trinajstić information content (AvgIpc) is 3.22. The van der Waals surface area contributed by atoms with E-state index in [0.717, 1.165) is 0 Å². The maximum atomic E-state index is 12.1. The summed E-state index contributed by atoms with van der Waals surface area (Å²) < 4.78 is 15.6. The molecule has 0 amide bonds. The van der Waals surface area contributed by atoms with Gasteiger partial charge in [-0.3, -0.25) is 10.1 Å². The van der Waals surface area contributed by atoms with Crippen molar-refractivity contribution in [2.75, 3.05) is 6.79 Å². The lowest BCUT2D eigenvalue weighted by atomic mass is 10.1. The van der Waals surface area contributed by atoms with E-state index in [9.17, 15) is 14.9 Å². The van der Waals surface area contributed by atoms with Gasteiger partial charge in [0.25, 0.3) is 5.69 Å². The number of hydrogen-bond acceptors (Lipinski definition) is 7. The van der Waals surface area contributed by atoms with Crippen molar-refractivity contribution in [3.05, 3.63) is 67.3 Å². The number of aliphatic imine (C=N–C) groups is 1. The molecule has 0 N–H and O–H groups in total. The molecule has 0 aliphatic carbocycles. The van der Waals surface area contributed by atoms with Crippen molar-refractivity contribution in [3.8, 4) is 11.5 Å². The van der Waals surface area contributed by atoms with Crippen LogP contribution in [0.2, 0.25) is 10.0 Å². The molecule has 2 aliphatic heterocycles. The van der Waals surface area contributed by atoms with Crippen molar-refractivity contribution < 1.29 is 23.9 Å². The Balaban J connectivity index is 1.70. The number of cyclic esters (lactones) is 1. The van der Waals surface area contributed by atoms with Crippen molar-refractivity contribution in [1.29, 1.82) is 0 Å². The Bertz CT molecular complexity index is 1060. The molecule has 10 heteroatoms. The highest BCUT2D eigenvalue weighted by Crippen LogP contribution is 2.40. The Morgan fingerprint density at radius 3 is 2.74 bits per heavy atom. The maximum absolute atomic E-state index is 12.1. The van der Waals surface area contributed by atoms with E-state index in [1.807, 2.05) is 0 Å². The zero-order valence-electron chi connectivity index (χ0n) is 13.3. The largest absolute Gasteiger partial charge is 0.454 e. The molecule has 2 heterocycles. The second-order valence-electron chi connectivity index (χ2n) is 5.50. The summed E-state index contributed by atoms with van der Waals surface area (Å²) in [7, 11) is 0.